The van der Waals surface area contributed by atoms with Gasteiger partial charge in [0.05, 0.1) is 16.8 Å². The fraction of sp³-hybridized carbons (Fsp3) is 0.211. The van der Waals surface area contributed by atoms with Crippen LogP contribution in [0.3, 0.4) is 0 Å². The molecule has 0 bridgehead atoms. The molecule has 9 heteroatoms. The third-order valence-corrected chi connectivity index (χ3v) is 4.22. The Morgan fingerprint density at radius 2 is 1.86 bits per heavy atom. The van der Waals surface area contributed by atoms with Crippen molar-refractivity contribution in [2.24, 2.45) is 0 Å². The van der Waals surface area contributed by atoms with Gasteiger partial charge in [0.1, 0.15) is 11.6 Å². The summed E-state index contributed by atoms with van der Waals surface area (Å²) >= 11 is 5.92. The van der Waals surface area contributed by atoms with Crippen LogP contribution >= 0.6 is 11.6 Å². The van der Waals surface area contributed by atoms with Crippen LogP contribution in [0.1, 0.15) is 30.9 Å². The molecule has 0 aliphatic heterocycles. The fourth-order valence-corrected chi connectivity index (χ4v) is 2.74. The molecular weight excluding hydrogens is 396 g/mol. The molecule has 0 fully saturated rings. The van der Waals surface area contributed by atoms with Crippen molar-refractivity contribution in [1.29, 1.82) is 0 Å². The largest absolute Gasteiger partial charge is 0.419 e. The molecule has 0 saturated carbocycles. The zero-order chi connectivity index (χ0) is 20.5. The monoisotopic (exact) mass is 410 g/mol. The predicted molar refractivity (Wildman–Crippen MR) is 99.0 cm³/mol. The second-order valence-corrected chi connectivity index (χ2v) is 6.76. The van der Waals surface area contributed by atoms with E-state index in [1.165, 1.54) is 36.7 Å². The summed E-state index contributed by atoms with van der Waals surface area (Å²) in [5, 5.41) is 2.99. The minimum Gasteiger partial charge on any atom is -0.339 e. The molecule has 0 atom stereocenters. The molecule has 1 N–H and O–H groups in total. The summed E-state index contributed by atoms with van der Waals surface area (Å²) in [6.07, 6.45) is -1.16. The van der Waals surface area contributed by atoms with Gasteiger partial charge in [0, 0.05) is 29.2 Å². The summed E-state index contributed by atoms with van der Waals surface area (Å²) in [4.78, 5) is 12.0. The molecule has 0 aliphatic rings. The van der Waals surface area contributed by atoms with Crippen LogP contribution in [0.4, 0.5) is 29.1 Å². The molecule has 2 aromatic heterocycles. The van der Waals surface area contributed by atoms with Crippen LogP contribution in [0.2, 0.25) is 5.02 Å². The third kappa shape index (κ3) is 4.22. The van der Waals surface area contributed by atoms with Crippen molar-refractivity contribution >= 4 is 23.1 Å². The van der Waals surface area contributed by atoms with Crippen molar-refractivity contribution in [2.75, 3.05) is 5.32 Å². The van der Waals surface area contributed by atoms with Gasteiger partial charge in [-0.15, -0.1) is 0 Å². The smallest absolute Gasteiger partial charge is 0.339 e. The molecule has 0 aliphatic carbocycles. The molecule has 1 aromatic carbocycles. The second-order valence-electron chi connectivity index (χ2n) is 6.32. The molecule has 0 saturated heterocycles. The Labute approximate surface area is 163 Å². The highest BCUT2D eigenvalue weighted by Gasteiger charge is 2.34. The van der Waals surface area contributed by atoms with Gasteiger partial charge in [-0.3, -0.25) is 4.98 Å². The number of nitrogens with zero attached hydrogens (tertiary/aromatic N) is 3. The van der Waals surface area contributed by atoms with E-state index >= 15 is 0 Å². The molecule has 3 aromatic rings. The van der Waals surface area contributed by atoms with Gasteiger partial charge in [0.15, 0.2) is 5.82 Å². The Bertz CT molecular complexity index is 1010. The zero-order valence-corrected chi connectivity index (χ0v) is 15.6. The van der Waals surface area contributed by atoms with Crippen molar-refractivity contribution in [3.8, 4) is 11.4 Å². The van der Waals surface area contributed by atoms with Crippen molar-refractivity contribution in [3.63, 3.8) is 0 Å². The van der Waals surface area contributed by atoms with E-state index in [1.807, 2.05) is 13.8 Å². The van der Waals surface area contributed by atoms with E-state index in [2.05, 4.69) is 20.3 Å². The van der Waals surface area contributed by atoms with Crippen molar-refractivity contribution in [3.05, 3.63) is 64.8 Å². The Morgan fingerprint density at radius 1 is 1.11 bits per heavy atom. The average molecular weight is 411 g/mol. The van der Waals surface area contributed by atoms with Crippen LogP contribution in [0.25, 0.3) is 11.4 Å². The van der Waals surface area contributed by atoms with E-state index in [0.717, 1.165) is 6.20 Å². The molecule has 0 unspecified atom stereocenters. The highest BCUT2D eigenvalue weighted by molar-refractivity contribution is 6.30. The van der Waals surface area contributed by atoms with E-state index in [4.69, 9.17) is 11.6 Å². The topological polar surface area (TPSA) is 50.7 Å². The van der Waals surface area contributed by atoms with Gasteiger partial charge < -0.3 is 5.32 Å². The van der Waals surface area contributed by atoms with Crippen LogP contribution in [0, 0.1) is 5.82 Å². The van der Waals surface area contributed by atoms with E-state index in [9.17, 15) is 17.6 Å². The number of nitrogens with one attached hydrogen (secondary N) is 1. The van der Waals surface area contributed by atoms with Crippen molar-refractivity contribution < 1.29 is 17.6 Å². The van der Waals surface area contributed by atoms with Crippen LogP contribution in [0.15, 0.2) is 42.9 Å². The lowest BCUT2D eigenvalue weighted by Crippen LogP contribution is -2.11. The van der Waals surface area contributed by atoms with Crippen LogP contribution in [0.5, 0.6) is 0 Å². The lowest BCUT2D eigenvalue weighted by molar-refractivity contribution is -0.137. The Morgan fingerprint density at radius 3 is 2.54 bits per heavy atom. The first-order chi connectivity index (χ1) is 13.2. The molecule has 28 heavy (non-hydrogen) atoms. The van der Waals surface area contributed by atoms with Gasteiger partial charge in [-0.1, -0.05) is 25.4 Å². The Hall–Kier alpha value is -2.74. The third-order valence-electron chi connectivity index (χ3n) is 3.99. The van der Waals surface area contributed by atoms with Gasteiger partial charge >= 0.3 is 6.18 Å². The van der Waals surface area contributed by atoms with Gasteiger partial charge in [0.25, 0.3) is 0 Å². The first kappa shape index (κ1) is 20.0. The summed E-state index contributed by atoms with van der Waals surface area (Å²) in [6.45, 7) is 3.70. The molecule has 4 nitrogen and oxygen atoms in total. The molecule has 3 rings (SSSR count). The van der Waals surface area contributed by atoms with Gasteiger partial charge in [-0.25, -0.2) is 14.4 Å². The normalized spacial score (nSPS) is 11.7. The number of benzene rings is 1. The molecule has 0 amide bonds. The summed E-state index contributed by atoms with van der Waals surface area (Å²) < 4.78 is 54.0. The zero-order valence-electron chi connectivity index (χ0n) is 14.9. The predicted octanol–water partition coefficient (Wildman–Crippen LogP) is 6.22. The van der Waals surface area contributed by atoms with Crippen LogP contribution < -0.4 is 5.32 Å². The summed E-state index contributed by atoms with van der Waals surface area (Å²) in [5.41, 5.74) is -0.507. The first-order valence-electron chi connectivity index (χ1n) is 8.27. The van der Waals surface area contributed by atoms with E-state index in [0.29, 0.717) is 5.56 Å². The summed E-state index contributed by atoms with van der Waals surface area (Å²) in [7, 11) is 0. The number of alkyl halides is 3. The van der Waals surface area contributed by atoms with E-state index in [-0.39, 0.29) is 33.8 Å². The highest BCUT2D eigenvalue weighted by Crippen LogP contribution is 2.36. The van der Waals surface area contributed by atoms with Crippen molar-refractivity contribution in [1.82, 2.24) is 15.0 Å². The maximum atomic E-state index is 14.2. The van der Waals surface area contributed by atoms with Gasteiger partial charge in [-0.2, -0.15) is 13.2 Å². The number of halogens is 5. The number of hydrogen-bond donors (Lipinski definition) is 1. The van der Waals surface area contributed by atoms with Gasteiger partial charge in [-0.05, 0) is 30.2 Å². The average Bonchev–Trinajstić information content (AvgIpc) is 2.63. The molecule has 2 heterocycles. The van der Waals surface area contributed by atoms with Crippen LogP contribution in [-0.4, -0.2) is 15.0 Å². The number of hydrogen-bond acceptors (Lipinski definition) is 4. The molecular formula is C19H15ClF4N4. The number of rotatable bonds is 4. The summed E-state index contributed by atoms with van der Waals surface area (Å²) in [5.74, 6) is -0.518. The lowest BCUT2D eigenvalue weighted by atomic mass is 10.1. The maximum absolute atomic E-state index is 14.2. The number of pyridine rings is 1. The summed E-state index contributed by atoms with van der Waals surface area (Å²) in [6, 6.07) is 5.12. The standard InChI is InChI=1S/C19H15ClF4N4/c1-10(2)13-8-26-17(12-7-11(20)3-4-15(12)21)28-18(13)27-16-5-6-25-9-14(16)19(22,23)24/h3-10H,1-2H3,(H,25,26,27,28). The van der Waals surface area contributed by atoms with Crippen molar-refractivity contribution in [2.45, 2.75) is 25.9 Å². The Balaban J connectivity index is 2.11. The fourth-order valence-electron chi connectivity index (χ4n) is 2.57. The minimum absolute atomic E-state index is 0.00881. The minimum atomic E-state index is -4.59. The first-order valence-corrected chi connectivity index (χ1v) is 8.65. The van der Waals surface area contributed by atoms with Gasteiger partial charge in [0.2, 0.25) is 0 Å². The van der Waals surface area contributed by atoms with E-state index in [1.54, 1.807) is 0 Å². The lowest BCUT2D eigenvalue weighted by Gasteiger charge is -2.17. The SMILES string of the molecule is CC(C)c1cnc(-c2cc(Cl)ccc2F)nc1Nc1ccncc1C(F)(F)F. The highest BCUT2D eigenvalue weighted by atomic mass is 35.5. The number of anilines is 2. The maximum Gasteiger partial charge on any atom is 0.419 e. The second kappa shape index (κ2) is 7.71. The quantitative estimate of drug-likeness (QED) is 0.519. The molecule has 0 spiro atoms. The number of aromatic nitrogens is 3. The van der Waals surface area contributed by atoms with Crippen LogP contribution in [-0.2, 0) is 6.18 Å². The Kier molecular flexibility index (Phi) is 5.51. The molecule has 146 valence electrons. The molecule has 0 radical (unpaired) electrons. The van der Waals surface area contributed by atoms with E-state index < -0.39 is 17.6 Å².